The standard InChI is InChI=1S/C25H32ClN5O2/c1-28(2)11-16-31-22-6-4-3-5-20(22)23(21(17-27)25(31)33)29-12-14-30(15-13-29)24(32)18-7-9-19(26)10-8-18/h7-10,20,22H,3-6,11-16H2,1-2H3. The Morgan fingerprint density at radius 2 is 1.79 bits per heavy atom. The molecule has 1 aromatic rings. The van der Waals surface area contributed by atoms with E-state index in [-0.39, 0.29) is 23.8 Å². The minimum Gasteiger partial charge on any atom is -0.370 e. The van der Waals surface area contributed by atoms with Gasteiger partial charge in [0.25, 0.3) is 11.8 Å². The molecule has 2 aliphatic heterocycles. The van der Waals surface area contributed by atoms with E-state index in [0.717, 1.165) is 37.9 Å². The van der Waals surface area contributed by atoms with Gasteiger partial charge in [0.15, 0.2) is 0 Å². The Bertz CT molecular complexity index is 960. The average molecular weight is 470 g/mol. The molecule has 2 fully saturated rings. The van der Waals surface area contributed by atoms with Crippen LogP contribution in [0.25, 0.3) is 0 Å². The monoisotopic (exact) mass is 469 g/mol. The van der Waals surface area contributed by atoms with Crippen LogP contribution in [0.5, 0.6) is 0 Å². The van der Waals surface area contributed by atoms with Crippen molar-refractivity contribution in [1.82, 2.24) is 19.6 Å². The molecule has 3 aliphatic rings. The first-order chi connectivity index (χ1) is 15.9. The number of fused-ring (bicyclic) bond motifs is 1. The number of rotatable bonds is 5. The smallest absolute Gasteiger partial charge is 0.266 e. The summed E-state index contributed by atoms with van der Waals surface area (Å²) >= 11 is 5.95. The Kier molecular flexibility index (Phi) is 7.26. The van der Waals surface area contributed by atoms with E-state index in [9.17, 15) is 14.9 Å². The van der Waals surface area contributed by atoms with Crippen LogP contribution in [-0.4, -0.2) is 90.8 Å². The van der Waals surface area contributed by atoms with Gasteiger partial charge in [-0.25, -0.2) is 0 Å². The third-order valence-corrected chi connectivity index (χ3v) is 7.36. The lowest BCUT2D eigenvalue weighted by Gasteiger charge is -2.49. The molecule has 4 rings (SSSR count). The van der Waals surface area contributed by atoms with Crippen LogP contribution in [0.4, 0.5) is 0 Å². The molecular formula is C25H32ClN5O2. The second-order valence-electron chi connectivity index (χ2n) is 9.42. The lowest BCUT2D eigenvalue weighted by atomic mass is 9.76. The fourth-order valence-electron chi connectivity index (χ4n) is 5.39. The normalized spacial score (nSPS) is 23.6. The summed E-state index contributed by atoms with van der Waals surface area (Å²) in [5, 5.41) is 10.6. The highest BCUT2D eigenvalue weighted by Crippen LogP contribution is 2.41. The summed E-state index contributed by atoms with van der Waals surface area (Å²) in [7, 11) is 4.01. The molecule has 7 nitrogen and oxygen atoms in total. The minimum absolute atomic E-state index is 0.00840. The summed E-state index contributed by atoms with van der Waals surface area (Å²) in [5.74, 6) is 0.0647. The molecule has 176 valence electrons. The van der Waals surface area contributed by atoms with Crippen molar-refractivity contribution in [2.24, 2.45) is 5.92 Å². The Morgan fingerprint density at radius 1 is 1.12 bits per heavy atom. The van der Waals surface area contributed by atoms with Gasteiger partial charge >= 0.3 is 0 Å². The van der Waals surface area contributed by atoms with Gasteiger partial charge in [0.1, 0.15) is 11.6 Å². The summed E-state index contributed by atoms with van der Waals surface area (Å²) in [4.78, 5) is 34.4. The van der Waals surface area contributed by atoms with Crippen LogP contribution in [-0.2, 0) is 4.79 Å². The number of benzene rings is 1. The summed E-state index contributed by atoms with van der Waals surface area (Å²) in [6.07, 6.45) is 4.22. The molecule has 2 amide bonds. The van der Waals surface area contributed by atoms with E-state index in [1.54, 1.807) is 24.3 Å². The lowest BCUT2D eigenvalue weighted by molar-refractivity contribution is -0.133. The van der Waals surface area contributed by atoms with Crippen molar-refractivity contribution in [2.45, 2.75) is 31.7 Å². The first-order valence-corrected chi connectivity index (χ1v) is 12.2. The molecule has 1 aromatic carbocycles. The molecule has 33 heavy (non-hydrogen) atoms. The van der Waals surface area contributed by atoms with Crippen LogP contribution in [0.1, 0.15) is 36.0 Å². The molecule has 8 heteroatoms. The van der Waals surface area contributed by atoms with Gasteiger partial charge in [-0.3, -0.25) is 9.59 Å². The molecule has 1 saturated carbocycles. The number of hydrogen-bond acceptors (Lipinski definition) is 5. The zero-order valence-electron chi connectivity index (χ0n) is 19.5. The Labute approximate surface area is 201 Å². The first-order valence-electron chi connectivity index (χ1n) is 11.8. The van der Waals surface area contributed by atoms with Gasteiger partial charge in [-0.05, 0) is 51.2 Å². The highest BCUT2D eigenvalue weighted by molar-refractivity contribution is 6.30. The highest BCUT2D eigenvalue weighted by atomic mass is 35.5. The van der Waals surface area contributed by atoms with Crippen molar-refractivity contribution < 1.29 is 9.59 Å². The molecule has 0 bridgehead atoms. The highest BCUT2D eigenvalue weighted by Gasteiger charge is 2.44. The third kappa shape index (κ3) is 4.87. The summed E-state index contributed by atoms with van der Waals surface area (Å²) in [6.45, 7) is 3.84. The molecule has 0 radical (unpaired) electrons. The number of carbonyl (C=O) groups excluding carboxylic acids is 2. The van der Waals surface area contributed by atoms with Crippen LogP contribution in [0.2, 0.25) is 5.02 Å². The second-order valence-corrected chi connectivity index (χ2v) is 9.85. The summed E-state index contributed by atoms with van der Waals surface area (Å²) < 4.78 is 0. The van der Waals surface area contributed by atoms with Gasteiger partial charge in [0, 0.05) is 67.5 Å². The zero-order chi connectivity index (χ0) is 23.5. The summed E-state index contributed by atoms with van der Waals surface area (Å²) in [5.41, 5.74) is 1.85. The molecule has 0 spiro atoms. The number of nitriles is 1. The predicted octanol–water partition coefficient (Wildman–Crippen LogP) is 2.84. The Balaban J connectivity index is 1.53. The van der Waals surface area contributed by atoms with E-state index >= 15 is 0 Å². The maximum atomic E-state index is 13.4. The van der Waals surface area contributed by atoms with Gasteiger partial charge in [-0.2, -0.15) is 5.26 Å². The number of nitrogens with zero attached hydrogens (tertiary/aromatic N) is 5. The SMILES string of the molecule is CN(C)CCN1C(=O)C(C#N)=C(N2CCN(C(=O)c3ccc(Cl)cc3)CC2)C2CCCCC21. The van der Waals surface area contributed by atoms with Crippen LogP contribution in [0.3, 0.4) is 0 Å². The summed E-state index contributed by atoms with van der Waals surface area (Å²) in [6, 6.07) is 9.38. The van der Waals surface area contributed by atoms with Gasteiger partial charge in [0.2, 0.25) is 0 Å². The molecule has 1 saturated heterocycles. The molecular weight excluding hydrogens is 438 g/mol. The number of hydrogen-bond donors (Lipinski definition) is 0. The van der Waals surface area contributed by atoms with Crippen LogP contribution in [0, 0.1) is 17.2 Å². The van der Waals surface area contributed by atoms with Gasteiger partial charge in [-0.1, -0.05) is 24.4 Å². The van der Waals surface area contributed by atoms with Crippen molar-refractivity contribution in [1.29, 1.82) is 5.26 Å². The number of carbonyl (C=O) groups is 2. The minimum atomic E-state index is -0.128. The van der Waals surface area contributed by atoms with E-state index in [4.69, 9.17) is 11.6 Å². The average Bonchev–Trinajstić information content (AvgIpc) is 2.83. The Hall–Kier alpha value is -2.56. The van der Waals surface area contributed by atoms with Gasteiger partial charge in [0.05, 0.1) is 0 Å². The van der Waals surface area contributed by atoms with E-state index in [1.165, 1.54) is 0 Å². The quantitative estimate of drug-likeness (QED) is 0.663. The fourth-order valence-corrected chi connectivity index (χ4v) is 5.52. The van der Waals surface area contributed by atoms with Crippen LogP contribution < -0.4 is 0 Å². The largest absolute Gasteiger partial charge is 0.370 e. The molecule has 1 aliphatic carbocycles. The van der Waals surface area contributed by atoms with Crippen molar-refractivity contribution in [3.8, 4) is 6.07 Å². The van der Waals surface area contributed by atoms with E-state index < -0.39 is 0 Å². The Morgan fingerprint density at radius 3 is 2.42 bits per heavy atom. The number of likely N-dealkylation sites (N-methyl/N-ethyl adjacent to an activating group) is 1. The second kappa shape index (κ2) is 10.1. The van der Waals surface area contributed by atoms with Crippen molar-refractivity contribution in [2.75, 3.05) is 53.4 Å². The first kappa shape index (κ1) is 23.6. The maximum Gasteiger partial charge on any atom is 0.266 e. The van der Waals surface area contributed by atoms with Gasteiger partial charge in [-0.15, -0.1) is 0 Å². The number of piperazine rings is 1. The van der Waals surface area contributed by atoms with Crippen LogP contribution >= 0.6 is 11.6 Å². The number of amides is 2. The topological polar surface area (TPSA) is 70.9 Å². The third-order valence-electron chi connectivity index (χ3n) is 7.11. The maximum absolute atomic E-state index is 13.4. The molecule has 0 N–H and O–H groups in total. The van der Waals surface area contributed by atoms with Crippen molar-refractivity contribution >= 4 is 23.4 Å². The van der Waals surface area contributed by atoms with Gasteiger partial charge < -0.3 is 19.6 Å². The molecule has 0 aromatic heterocycles. The molecule has 2 heterocycles. The number of halogens is 1. The lowest BCUT2D eigenvalue weighted by Crippen LogP contribution is -2.57. The molecule has 2 atom stereocenters. The van der Waals surface area contributed by atoms with Crippen molar-refractivity contribution in [3.05, 3.63) is 46.1 Å². The van der Waals surface area contributed by atoms with E-state index in [1.807, 2.05) is 23.9 Å². The van der Waals surface area contributed by atoms with E-state index in [2.05, 4.69) is 15.9 Å². The van der Waals surface area contributed by atoms with Crippen LogP contribution in [0.15, 0.2) is 35.5 Å². The fraction of sp³-hybridized carbons (Fsp3) is 0.560. The molecule has 2 unspecified atom stereocenters. The predicted molar refractivity (Wildman–Crippen MR) is 128 cm³/mol. The van der Waals surface area contributed by atoms with Crippen molar-refractivity contribution in [3.63, 3.8) is 0 Å². The van der Waals surface area contributed by atoms with E-state index in [0.29, 0.717) is 48.9 Å². The zero-order valence-corrected chi connectivity index (χ0v) is 20.2.